The Morgan fingerprint density at radius 1 is 1.27 bits per heavy atom. The van der Waals surface area contributed by atoms with E-state index < -0.39 is 5.41 Å². The Balaban J connectivity index is 2.92. The van der Waals surface area contributed by atoms with Crippen LogP contribution in [0.25, 0.3) is 0 Å². The van der Waals surface area contributed by atoms with Gasteiger partial charge in [-0.15, -0.1) is 6.58 Å². The largest absolute Gasteiger partial charge is 0.303 e. The fourth-order valence-electron chi connectivity index (χ4n) is 2.20. The van der Waals surface area contributed by atoms with Crippen LogP contribution < -0.4 is 0 Å². The highest BCUT2D eigenvalue weighted by atomic mass is 16.2. The molecule has 0 atom stereocenters. The van der Waals surface area contributed by atoms with Crippen molar-refractivity contribution in [2.24, 2.45) is 5.41 Å². The Labute approximate surface area is 89.5 Å². The molecular formula is C12H16O3. The summed E-state index contributed by atoms with van der Waals surface area (Å²) < 4.78 is 0. The van der Waals surface area contributed by atoms with Gasteiger partial charge in [-0.05, 0) is 19.3 Å². The molecule has 1 fully saturated rings. The van der Waals surface area contributed by atoms with Gasteiger partial charge < -0.3 is 4.79 Å². The third kappa shape index (κ3) is 2.22. The van der Waals surface area contributed by atoms with Crippen molar-refractivity contribution >= 4 is 17.9 Å². The Kier molecular flexibility index (Phi) is 3.95. The zero-order chi connectivity index (χ0) is 11.3. The molecule has 3 heteroatoms. The van der Waals surface area contributed by atoms with Crippen molar-refractivity contribution in [1.82, 2.24) is 0 Å². The van der Waals surface area contributed by atoms with Crippen molar-refractivity contribution in [3.05, 3.63) is 12.7 Å². The minimum Gasteiger partial charge on any atom is -0.303 e. The van der Waals surface area contributed by atoms with Crippen molar-refractivity contribution in [1.29, 1.82) is 0 Å². The summed E-state index contributed by atoms with van der Waals surface area (Å²) in [5.74, 6) is -0.0269. The maximum atomic E-state index is 11.8. The van der Waals surface area contributed by atoms with Crippen molar-refractivity contribution in [2.75, 3.05) is 0 Å². The summed E-state index contributed by atoms with van der Waals surface area (Å²) in [4.78, 5) is 34.0. The molecule has 0 aromatic heterocycles. The average molecular weight is 208 g/mol. The molecule has 0 saturated heterocycles. The first-order valence-corrected chi connectivity index (χ1v) is 5.28. The van der Waals surface area contributed by atoms with E-state index in [1.54, 1.807) is 6.08 Å². The van der Waals surface area contributed by atoms with Crippen LogP contribution in [0.4, 0.5) is 0 Å². The van der Waals surface area contributed by atoms with E-state index in [4.69, 9.17) is 0 Å². The summed E-state index contributed by atoms with van der Waals surface area (Å²) in [6.45, 7) is 3.58. The van der Waals surface area contributed by atoms with Crippen molar-refractivity contribution in [3.63, 3.8) is 0 Å². The van der Waals surface area contributed by atoms with Crippen LogP contribution in [0.3, 0.4) is 0 Å². The summed E-state index contributed by atoms with van der Waals surface area (Å²) in [5, 5.41) is 0. The standard InChI is InChI=1S/C12H16O3/c1-2-7-12(8-4-9-13)10(14)5-3-6-11(12)15/h2,9H,1,3-8H2. The molecular weight excluding hydrogens is 192 g/mol. The SMILES string of the molecule is C=CCC1(CCC=O)C(=O)CCCC1=O. The number of hydrogen-bond donors (Lipinski definition) is 0. The summed E-state index contributed by atoms with van der Waals surface area (Å²) >= 11 is 0. The molecule has 0 aromatic carbocycles. The van der Waals surface area contributed by atoms with E-state index in [1.165, 1.54) is 0 Å². The molecule has 82 valence electrons. The van der Waals surface area contributed by atoms with Gasteiger partial charge in [-0.3, -0.25) is 9.59 Å². The highest BCUT2D eigenvalue weighted by Gasteiger charge is 2.44. The fraction of sp³-hybridized carbons (Fsp3) is 0.583. The van der Waals surface area contributed by atoms with E-state index in [9.17, 15) is 14.4 Å². The van der Waals surface area contributed by atoms with Crippen LogP contribution in [0.1, 0.15) is 38.5 Å². The van der Waals surface area contributed by atoms with Gasteiger partial charge in [0.05, 0.1) is 5.41 Å². The lowest BCUT2D eigenvalue weighted by Crippen LogP contribution is -2.42. The summed E-state index contributed by atoms with van der Waals surface area (Å²) in [6, 6.07) is 0. The summed E-state index contributed by atoms with van der Waals surface area (Å²) in [6.07, 6.45) is 4.92. The molecule has 0 spiro atoms. The minimum atomic E-state index is -0.930. The number of rotatable bonds is 5. The average Bonchev–Trinajstić information content (AvgIpc) is 2.22. The topological polar surface area (TPSA) is 51.2 Å². The lowest BCUT2D eigenvalue weighted by molar-refractivity contribution is -0.144. The van der Waals surface area contributed by atoms with Crippen LogP contribution >= 0.6 is 0 Å². The fourth-order valence-corrected chi connectivity index (χ4v) is 2.20. The molecule has 3 nitrogen and oxygen atoms in total. The predicted molar refractivity (Wildman–Crippen MR) is 56.4 cm³/mol. The van der Waals surface area contributed by atoms with Crippen LogP contribution in [0.15, 0.2) is 12.7 Å². The van der Waals surface area contributed by atoms with Gasteiger partial charge in [0, 0.05) is 19.3 Å². The smallest absolute Gasteiger partial charge is 0.146 e. The third-order valence-corrected chi connectivity index (χ3v) is 3.06. The first-order valence-electron chi connectivity index (χ1n) is 5.28. The van der Waals surface area contributed by atoms with Crippen molar-refractivity contribution in [2.45, 2.75) is 38.5 Å². The second kappa shape index (κ2) is 5.01. The first-order chi connectivity index (χ1) is 7.17. The lowest BCUT2D eigenvalue weighted by Gasteiger charge is -2.32. The highest BCUT2D eigenvalue weighted by Crippen LogP contribution is 2.37. The van der Waals surface area contributed by atoms with Crippen LogP contribution in [-0.4, -0.2) is 17.9 Å². The van der Waals surface area contributed by atoms with Crippen LogP contribution in [-0.2, 0) is 14.4 Å². The maximum absolute atomic E-state index is 11.8. The molecule has 0 amide bonds. The van der Waals surface area contributed by atoms with Gasteiger partial charge >= 0.3 is 0 Å². The number of allylic oxidation sites excluding steroid dienone is 1. The zero-order valence-corrected chi connectivity index (χ0v) is 8.83. The highest BCUT2D eigenvalue weighted by molar-refractivity contribution is 6.09. The molecule has 0 aliphatic heterocycles. The normalized spacial score (nSPS) is 20.0. The van der Waals surface area contributed by atoms with E-state index in [2.05, 4.69) is 6.58 Å². The third-order valence-electron chi connectivity index (χ3n) is 3.06. The minimum absolute atomic E-state index is 0.0134. The lowest BCUT2D eigenvalue weighted by atomic mass is 9.67. The number of hydrogen-bond acceptors (Lipinski definition) is 3. The molecule has 0 bridgehead atoms. The predicted octanol–water partition coefficient (Wildman–Crippen LogP) is 1.85. The van der Waals surface area contributed by atoms with Gasteiger partial charge in [0.1, 0.15) is 17.9 Å². The Morgan fingerprint density at radius 3 is 2.33 bits per heavy atom. The molecule has 0 unspecified atom stereocenters. The molecule has 0 heterocycles. The molecule has 1 saturated carbocycles. The molecule has 0 radical (unpaired) electrons. The van der Waals surface area contributed by atoms with E-state index in [1.807, 2.05) is 0 Å². The van der Waals surface area contributed by atoms with E-state index in [-0.39, 0.29) is 18.0 Å². The monoisotopic (exact) mass is 208 g/mol. The number of aldehydes is 1. The first kappa shape index (κ1) is 11.8. The van der Waals surface area contributed by atoms with Gasteiger partial charge in [-0.25, -0.2) is 0 Å². The molecule has 0 aromatic rings. The quantitative estimate of drug-likeness (QED) is 0.393. The maximum Gasteiger partial charge on any atom is 0.146 e. The van der Waals surface area contributed by atoms with Crippen molar-refractivity contribution < 1.29 is 14.4 Å². The van der Waals surface area contributed by atoms with Gasteiger partial charge in [0.15, 0.2) is 0 Å². The molecule has 1 aliphatic carbocycles. The summed E-state index contributed by atoms with van der Waals surface area (Å²) in [5.41, 5.74) is -0.930. The molecule has 1 aliphatic rings. The molecule has 0 N–H and O–H groups in total. The number of ketones is 2. The second-order valence-electron chi connectivity index (χ2n) is 3.98. The molecule has 15 heavy (non-hydrogen) atoms. The van der Waals surface area contributed by atoms with Crippen LogP contribution in [0.5, 0.6) is 0 Å². The van der Waals surface area contributed by atoms with Crippen LogP contribution in [0.2, 0.25) is 0 Å². The van der Waals surface area contributed by atoms with Gasteiger partial charge in [0.25, 0.3) is 0 Å². The van der Waals surface area contributed by atoms with E-state index >= 15 is 0 Å². The van der Waals surface area contributed by atoms with Crippen molar-refractivity contribution in [3.8, 4) is 0 Å². The number of Topliss-reactive ketones (excluding diaryl/α,β-unsaturated/α-hetero) is 2. The number of carbonyl (C=O) groups excluding carboxylic acids is 3. The van der Waals surface area contributed by atoms with Crippen LogP contribution in [0, 0.1) is 5.41 Å². The Morgan fingerprint density at radius 2 is 1.87 bits per heavy atom. The van der Waals surface area contributed by atoms with Gasteiger partial charge in [0.2, 0.25) is 0 Å². The Bertz CT molecular complexity index is 275. The number of carbonyl (C=O) groups is 3. The molecule has 1 rings (SSSR count). The Hall–Kier alpha value is -1.25. The summed E-state index contributed by atoms with van der Waals surface area (Å²) in [7, 11) is 0. The van der Waals surface area contributed by atoms with E-state index in [0.29, 0.717) is 32.1 Å². The van der Waals surface area contributed by atoms with Gasteiger partial charge in [-0.2, -0.15) is 0 Å². The van der Waals surface area contributed by atoms with E-state index in [0.717, 1.165) is 6.29 Å². The van der Waals surface area contributed by atoms with Gasteiger partial charge in [-0.1, -0.05) is 6.08 Å². The zero-order valence-electron chi connectivity index (χ0n) is 8.83. The second-order valence-corrected chi connectivity index (χ2v) is 3.98.